The highest BCUT2D eigenvalue weighted by Gasteiger charge is 2.55. The van der Waals surface area contributed by atoms with Crippen LogP contribution in [0.2, 0.25) is 0 Å². The molecule has 1 aromatic rings. The predicted molar refractivity (Wildman–Crippen MR) is 142 cm³/mol. The van der Waals surface area contributed by atoms with Gasteiger partial charge in [0.2, 0.25) is 0 Å². The van der Waals surface area contributed by atoms with Gasteiger partial charge in [0, 0.05) is 24.1 Å². The summed E-state index contributed by atoms with van der Waals surface area (Å²) in [6.07, 6.45) is 4.00. The SMILES string of the molecule is CC(C)=CCC[C@@]1(C)Oc2cc(OCC(N)=O)ccc2[C@H]2OC[C@@]3(C[C@@H]21)CN(C(=O)OC(C)(C)C)CCO3. The lowest BCUT2D eigenvalue weighted by molar-refractivity contribution is -0.231. The molecule has 0 bridgehead atoms. The minimum atomic E-state index is -0.639. The van der Waals surface area contributed by atoms with E-state index in [4.69, 9.17) is 29.4 Å². The number of hydrogen-bond donors (Lipinski definition) is 1. The summed E-state index contributed by atoms with van der Waals surface area (Å²) in [5.41, 5.74) is 5.68. The van der Waals surface area contributed by atoms with Crippen molar-refractivity contribution in [1.29, 1.82) is 0 Å². The van der Waals surface area contributed by atoms with Gasteiger partial charge in [-0.3, -0.25) is 4.79 Å². The Labute approximate surface area is 225 Å². The second-order valence-electron chi connectivity index (χ2n) is 12.2. The van der Waals surface area contributed by atoms with Crippen LogP contribution in [0, 0.1) is 5.92 Å². The largest absolute Gasteiger partial charge is 0.487 e. The molecular formula is C29H42N2O7. The van der Waals surface area contributed by atoms with Gasteiger partial charge in [-0.05, 0) is 72.9 Å². The molecule has 210 valence electrons. The molecule has 0 radical (unpaired) electrons. The minimum absolute atomic E-state index is 0.00899. The van der Waals surface area contributed by atoms with Gasteiger partial charge in [0.25, 0.3) is 5.91 Å². The van der Waals surface area contributed by atoms with Crippen molar-refractivity contribution in [2.24, 2.45) is 11.7 Å². The molecule has 0 aromatic heterocycles. The fraction of sp³-hybridized carbons (Fsp3) is 0.655. The van der Waals surface area contributed by atoms with Gasteiger partial charge in [-0.2, -0.15) is 0 Å². The van der Waals surface area contributed by atoms with Crippen LogP contribution in [0.1, 0.15) is 72.5 Å². The van der Waals surface area contributed by atoms with E-state index in [1.54, 1.807) is 4.90 Å². The molecule has 0 saturated carbocycles. The molecule has 4 atom stereocenters. The first-order valence-corrected chi connectivity index (χ1v) is 13.4. The van der Waals surface area contributed by atoms with E-state index in [9.17, 15) is 9.59 Å². The van der Waals surface area contributed by atoms with Gasteiger partial charge in [0.05, 0.1) is 25.9 Å². The van der Waals surface area contributed by atoms with Crippen LogP contribution in [0.5, 0.6) is 11.5 Å². The van der Waals surface area contributed by atoms with E-state index in [2.05, 4.69) is 26.8 Å². The van der Waals surface area contributed by atoms with Crippen molar-refractivity contribution in [1.82, 2.24) is 4.90 Å². The molecular weight excluding hydrogens is 488 g/mol. The zero-order valence-electron chi connectivity index (χ0n) is 23.5. The number of hydrogen-bond acceptors (Lipinski definition) is 7. The maximum atomic E-state index is 12.9. The summed E-state index contributed by atoms with van der Waals surface area (Å²) in [4.78, 5) is 25.8. The number of allylic oxidation sites excluding steroid dienone is 2. The molecule has 3 aliphatic heterocycles. The van der Waals surface area contributed by atoms with E-state index in [0.717, 1.165) is 18.4 Å². The molecule has 9 nitrogen and oxygen atoms in total. The van der Waals surface area contributed by atoms with Crippen LogP contribution >= 0.6 is 0 Å². The first-order chi connectivity index (χ1) is 17.8. The van der Waals surface area contributed by atoms with Gasteiger partial charge >= 0.3 is 6.09 Å². The summed E-state index contributed by atoms with van der Waals surface area (Å²) in [6, 6.07) is 5.55. The summed E-state index contributed by atoms with van der Waals surface area (Å²) >= 11 is 0. The highest BCUT2D eigenvalue weighted by molar-refractivity contribution is 5.75. The van der Waals surface area contributed by atoms with E-state index < -0.39 is 22.7 Å². The Hall–Kier alpha value is -2.78. The van der Waals surface area contributed by atoms with Crippen molar-refractivity contribution in [3.8, 4) is 11.5 Å². The Bertz CT molecular complexity index is 1080. The van der Waals surface area contributed by atoms with Crippen LogP contribution in [-0.2, 0) is 19.0 Å². The summed E-state index contributed by atoms with van der Waals surface area (Å²) < 4.78 is 30.8. The number of ether oxygens (including phenoxy) is 5. The predicted octanol–water partition coefficient (Wildman–Crippen LogP) is 4.53. The first-order valence-electron chi connectivity index (χ1n) is 13.4. The third kappa shape index (κ3) is 6.43. The maximum absolute atomic E-state index is 12.9. The Morgan fingerprint density at radius 3 is 2.71 bits per heavy atom. The summed E-state index contributed by atoms with van der Waals surface area (Å²) in [5, 5.41) is 0. The maximum Gasteiger partial charge on any atom is 0.410 e. The van der Waals surface area contributed by atoms with E-state index in [1.807, 2.05) is 39.0 Å². The summed E-state index contributed by atoms with van der Waals surface area (Å²) in [7, 11) is 0. The first kappa shape index (κ1) is 28.2. The fourth-order valence-electron chi connectivity index (χ4n) is 5.60. The van der Waals surface area contributed by atoms with Crippen LogP contribution in [0.25, 0.3) is 0 Å². The Kier molecular flexibility index (Phi) is 8.00. The number of benzene rings is 1. The van der Waals surface area contributed by atoms with Crippen molar-refractivity contribution in [2.45, 2.75) is 83.7 Å². The quantitative estimate of drug-likeness (QED) is 0.538. The van der Waals surface area contributed by atoms with Crippen molar-refractivity contribution < 1.29 is 33.3 Å². The lowest BCUT2D eigenvalue weighted by atomic mass is 9.69. The van der Waals surface area contributed by atoms with Crippen LogP contribution in [0.15, 0.2) is 29.8 Å². The van der Waals surface area contributed by atoms with Crippen LogP contribution < -0.4 is 15.2 Å². The number of morpholine rings is 1. The van der Waals surface area contributed by atoms with E-state index >= 15 is 0 Å². The second kappa shape index (κ2) is 10.8. The summed E-state index contributed by atoms with van der Waals surface area (Å²) in [6.45, 7) is 13.4. The molecule has 0 aliphatic carbocycles. The lowest BCUT2D eigenvalue weighted by Gasteiger charge is -2.55. The van der Waals surface area contributed by atoms with Crippen molar-refractivity contribution >= 4 is 12.0 Å². The molecule has 3 heterocycles. The van der Waals surface area contributed by atoms with Crippen LogP contribution in [-0.4, -0.2) is 66.6 Å². The molecule has 1 aromatic carbocycles. The number of carbonyl (C=O) groups excluding carboxylic acids is 2. The molecule has 38 heavy (non-hydrogen) atoms. The highest BCUT2D eigenvalue weighted by Crippen LogP contribution is 2.54. The van der Waals surface area contributed by atoms with E-state index in [0.29, 0.717) is 44.2 Å². The zero-order chi connectivity index (χ0) is 27.7. The average Bonchev–Trinajstić information content (AvgIpc) is 2.81. The third-order valence-electron chi connectivity index (χ3n) is 7.38. The van der Waals surface area contributed by atoms with Gasteiger partial charge < -0.3 is 34.3 Å². The number of primary amides is 1. The van der Waals surface area contributed by atoms with Gasteiger partial charge in [0.15, 0.2) is 6.61 Å². The van der Waals surface area contributed by atoms with Crippen molar-refractivity contribution in [3.05, 3.63) is 35.4 Å². The van der Waals surface area contributed by atoms with E-state index in [-0.39, 0.29) is 24.7 Å². The third-order valence-corrected chi connectivity index (χ3v) is 7.38. The number of carbonyl (C=O) groups is 2. The number of nitrogens with two attached hydrogens (primary N) is 1. The van der Waals surface area contributed by atoms with Gasteiger partial charge in [0.1, 0.15) is 28.3 Å². The van der Waals surface area contributed by atoms with Gasteiger partial charge in [-0.25, -0.2) is 4.79 Å². The molecule has 2 fully saturated rings. The normalized spacial score (nSPS) is 28.5. The summed E-state index contributed by atoms with van der Waals surface area (Å²) in [5.74, 6) is 0.654. The Balaban J connectivity index is 1.61. The second-order valence-corrected chi connectivity index (χ2v) is 12.2. The topological polar surface area (TPSA) is 110 Å². The average molecular weight is 531 g/mol. The van der Waals surface area contributed by atoms with Gasteiger partial charge in [-0.15, -0.1) is 0 Å². The Morgan fingerprint density at radius 2 is 2.03 bits per heavy atom. The van der Waals surface area contributed by atoms with Crippen molar-refractivity contribution in [2.75, 3.05) is 32.9 Å². The van der Waals surface area contributed by atoms with Gasteiger partial charge in [-0.1, -0.05) is 11.6 Å². The van der Waals surface area contributed by atoms with Crippen molar-refractivity contribution in [3.63, 3.8) is 0 Å². The molecule has 2 amide bonds. The highest BCUT2D eigenvalue weighted by atomic mass is 16.6. The number of fused-ring (bicyclic) bond motifs is 3. The molecule has 4 rings (SSSR count). The number of nitrogens with zero attached hydrogens (tertiary/aromatic N) is 1. The number of amides is 2. The standard InChI is InChI=1S/C29H42N2O7/c1-19(2)8-7-11-28(6)22-15-29(17-31(12-13-36-29)26(33)38-27(3,4)5)18-35-25(22)21-10-9-20(14-23(21)37-28)34-16-24(30)32/h8-10,14,22,25H,7,11-13,15-18H2,1-6H3,(H2,30,32)/t22-,25+,28+,29+/m0/s1. The van der Waals surface area contributed by atoms with Crippen LogP contribution in [0.4, 0.5) is 4.79 Å². The zero-order valence-corrected chi connectivity index (χ0v) is 23.5. The minimum Gasteiger partial charge on any atom is -0.487 e. The molecule has 9 heteroatoms. The van der Waals surface area contributed by atoms with Crippen LogP contribution in [0.3, 0.4) is 0 Å². The molecule has 3 aliphatic rings. The fourth-order valence-corrected chi connectivity index (χ4v) is 5.60. The monoisotopic (exact) mass is 530 g/mol. The smallest absolute Gasteiger partial charge is 0.410 e. The molecule has 1 spiro atoms. The Morgan fingerprint density at radius 1 is 1.26 bits per heavy atom. The number of rotatable bonds is 6. The van der Waals surface area contributed by atoms with E-state index in [1.165, 1.54) is 5.57 Å². The molecule has 0 unspecified atom stereocenters. The molecule has 2 N–H and O–H groups in total. The molecule has 2 saturated heterocycles. The lowest BCUT2D eigenvalue weighted by Crippen LogP contribution is -2.63.